The molecule has 0 fully saturated rings. The molecule has 0 spiro atoms. The minimum Gasteiger partial charge on any atom is -0.378 e. The van der Waals surface area contributed by atoms with Gasteiger partial charge in [0.05, 0.1) is 17.9 Å². The van der Waals surface area contributed by atoms with Crippen LogP contribution in [0.4, 0.5) is 13.2 Å². The third-order valence-corrected chi connectivity index (χ3v) is 2.90. The SMILES string of the molecule is COCc1cc(Cl)nc(Cc2cccc(C(F)(F)F)c2)n1. The highest BCUT2D eigenvalue weighted by molar-refractivity contribution is 6.29. The molecule has 0 saturated heterocycles. The summed E-state index contributed by atoms with van der Waals surface area (Å²) in [5.41, 5.74) is 0.356. The van der Waals surface area contributed by atoms with Crippen molar-refractivity contribution in [2.45, 2.75) is 19.2 Å². The van der Waals surface area contributed by atoms with Crippen LogP contribution in [0, 0.1) is 0 Å². The zero-order valence-electron chi connectivity index (χ0n) is 11.1. The second-order valence-electron chi connectivity index (χ2n) is 4.41. The van der Waals surface area contributed by atoms with E-state index >= 15 is 0 Å². The molecule has 21 heavy (non-hydrogen) atoms. The summed E-state index contributed by atoms with van der Waals surface area (Å²) >= 11 is 5.87. The Morgan fingerprint density at radius 3 is 2.62 bits per heavy atom. The van der Waals surface area contributed by atoms with Crippen molar-refractivity contribution in [3.05, 3.63) is 58.1 Å². The molecule has 3 nitrogen and oxygen atoms in total. The van der Waals surface area contributed by atoms with Crippen LogP contribution >= 0.6 is 11.6 Å². The minimum atomic E-state index is -4.37. The Bertz CT molecular complexity index is 632. The number of methoxy groups -OCH3 is 1. The van der Waals surface area contributed by atoms with Crippen LogP contribution in [-0.2, 0) is 23.9 Å². The smallest absolute Gasteiger partial charge is 0.378 e. The molecule has 0 saturated carbocycles. The number of benzene rings is 1. The van der Waals surface area contributed by atoms with Gasteiger partial charge in [0, 0.05) is 13.5 Å². The minimum absolute atomic E-state index is 0.168. The van der Waals surface area contributed by atoms with Gasteiger partial charge in [0.25, 0.3) is 0 Å². The first-order valence-corrected chi connectivity index (χ1v) is 6.43. The Kier molecular flexibility index (Phi) is 4.80. The first-order valence-electron chi connectivity index (χ1n) is 6.06. The number of nitrogens with zero attached hydrogens (tertiary/aromatic N) is 2. The molecular formula is C14H12ClF3N2O. The molecule has 0 bridgehead atoms. The van der Waals surface area contributed by atoms with Crippen LogP contribution < -0.4 is 0 Å². The second-order valence-corrected chi connectivity index (χ2v) is 4.79. The molecule has 2 aromatic rings. The normalized spacial score (nSPS) is 11.7. The van der Waals surface area contributed by atoms with Gasteiger partial charge >= 0.3 is 6.18 Å². The van der Waals surface area contributed by atoms with Crippen LogP contribution in [0.1, 0.15) is 22.6 Å². The molecule has 1 aromatic heterocycles. The van der Waals surface area contributed by atoms with Gasteiger partial charge in [-0.05, 0) is 17.7 Å². The number of rotatable bonds is 4. The van der Waals surface area contributed by atoms with E-state index in [1.807, 2.05) is 0 Å². The van der Waals surface area contributed by atoms with Crippen molar-refractivity contribution in [2.75, 3.05) is 7.11 Å². The van der Waals surface area contributed by atoms with Crippen LogP contribution in [0.25, 0.3) is 0 Å². The molecule has 0 aliphatic heterocycles. The zero-order chi connectivity index (χ0) is 15.5. The van der Waals surface area contributed by atoms with Crippen molar-refractivity contribution in [1.29, 1.82) is 0 Å². The summed E-state index contributed by atoms with van der Waals surface area (Å²) in [5, 5.41) is 0.235. The van der Waals surface area contributed by atoms with Gasteiger partial charge in [0.15, 0.2) is 0 Å². The first-order chi connectivity index (χ1) is 9.88. The van der Waals surface area contributed by atoms with Crippen LogP contribution in [0.15, 0.2) is 30.3 Å². The average molecular weight is 317 g/mol. The Morgan fingerprint density at radius 2 is 1.95 bits per heavy atom. The molecule has 1 heterocycles. The fourth-order valence-electron chi connectivity index (χ4n) is 1.86. The largest absolute Gasteiger partial charge is 0.416 e. The van der Waals surface area contributed by atoms with E-state index < -0.39 is 11.7 Å². The van der Waals surface area contributed by atoms with E-state index in [9.17, 15) is 13.2 Å². The van der Waals surface area contributed by atoms with Gasteiger partial charge in [-0.3, -0.25) is 0 Å². The average Bonchev–Trinajstić information content (AvgIpc) is 2.37. The molecule has 2 rings (SSSR count). The molecule has 7 heteroatoms. The lowest BCUT2D eigenvalue weighted by molar-refractivity contribution is -0.137. The third-order valence-electron chi connectivity index (χ3n) is 2.70. The Morgan fingerprint density at radius 1 is 1.19 bits per heavy atom. The molecule has 0 aliphatic carbocycles. The molecule has 0 N–H and O–H groups in total. The summed E-state index contributed by atoms with van der Waals surface area (Å²) < 4.78 is 43.0. The highest BCUT2D eigenvalue weighted by atomic mass is 35.5. The Hall–Kier alpha value is -1.66. The number of hydrogen-bond donors (Lipinski definition) is 0. The summed E-state index contributed by atoms with van der Waals surface area (Å²) in [4.78, 5) is 8.23. The molecule has 1 aromatic carbocycles. The van der Waals surface area contributed by atoms with Crippen LogP contribution in [0.3, 0.4) is 0 Å². The molecular weight excluding hydrogens is 305 g/mol. The molecule has 0 unspecified atom stereocenters. The fourth-order valence-corrected chi connectivity index (χ4v) is 2.08. The molecule has 0 radical (unpaired) electrons. The summed E-state index contributed by atoms with van der Waals surface area (Å²) in [6, 6.07) is 6.62. The standard InChI is InChI=1S/C14H12ClF3N2O/c1-21-8-11-7-12(15)20-13(19-11)6-9-3-2-4-10(5-9)14(16,17)18/h2-5,7H,6,8H2,1H3. The maximum atomic E-state index is 12.7. The topological polar surface area (TPSA) is 35.0 Å². The predicted octanol–water partition coefficient (Wildman–Crippen LogP) is 3.89. The maximum absolute atomic E-state index is 12.7. The van der Waals surface area contributed by atoms with Crippen molar-refractivity contribution in [2.24, 2.45) is 0 Å². The molecule has 0 aliphatic rings. The summed E-state index contributed by atoms with van der Waals surface area (Å²) in [6.07, 6.45) is -4.20. The lowest BCUT2D eigenvalue weighted by Gasteiger charge is -2.09. The van der Waals surface area contributed by atoms with Gasteiger partial charge in [-0.2, -0.15) is 13.2 Å². The lowest BCUT2D eigenvalue weighted by Crippen LogP contribution is -2.06. The van der Waals surface area contributed by atoms with Gasteiger partial charge in [-0.15, -0.1) is 0 Å². The van der Waals surface area contributed by atoms with E-state index in [-0.39, 0.29) is 18.2 Å². The molecule has 0 amide bonds. The highest BCUT2D eigenvalue weighted by Gasteiger charge is 2.30. The van der Waals surface area contributed by atoms with Gasteiger partial charge in [-0.1, -0.05) is 29.8 Å². The number of alkyl halides is 3. The third kappa shape index (κ3) is 4.41. The fraction of sp³-hybridized carbons (Fsp3) is 0.286. The first kappa shape index (κ1) is 15.7. The summed E-state index contributed by atoms with van der Waals surface area (Å²) in [6.45, 7) is 0.262. The van der Waals surface area contributed by atoms with Gasteiger partial charge in [0.1, 0.15) is 11.0 Å². The molecule has 0 atom stereocenters. The van der Waals surface area contributed by atoms with Crippen LogP contribution in [0.2, 0.25) is 5.15 Å². The van der Waals surface area contributed by atoms with E-state index in [4.69, 9.17) is 16.3 Å². The summed E-state index contributed by atoms with van der Waals surface area (Å²) in [7, 11) is 1.52. The second kappa shape index (κ2) is 6.41. The summed E-state index contributed by atoms with van der Waals surface area (Å²) in [5.74, 6) is 0.355. The lowest BCUT2D eigenvalue weighted by atomic mass is 10.1. The van der Waals surface area contributed by atoms with Crippen LogP contribution in [-0.4, -0.2) is 17.1 Å². The molecule has 112 valence electrons. The van der Waals surface area contributed by atoms with Crippen LogP contribution in [0.5, 0.6) is 0 Å². The van der Waals surface area contributed by atoms with Crippen molar-refractivity contribution in [3.63, 3.8) is 0 Å². The predicted molar refractivity (Wildman–Crippen MR) is 72.0 cm³/mol. The zero-order valence-corrected chi connectivity index (χ0v) is 11.9. The highest BCUT2D eigenvalue weighted by Crippen LogP contribution is 2.29. The van der Waals surface area contributed by atoms with E-state index in [0.717, 1.165) is 12.1 Å². The van der Waals surface area contributed by atoms with E-state index in [0.29, 0.717) is 17.1 Å². The van der Waals surface area contributed by atoms with Gasteiger partial charge in [-0.25, -0.2) is 9.97 Å². The quantitative estimate of drug-likeness (QED) is 0.803. The van der Waals surface area contributed by atoms with Crippen molar-refractivity contribution >= 4 is 11.6 Å². The van der Waals surface area contributed by atoms with Gasteiger partial charge < -0.3 is 4.74 Å². The monoisotopic (exact) mass is 316 g/mol. The number of ether oxygens (including phenoxy) is 1. The van der Waals surface area contributed by atoms with Crippen molar-refractivity contribution in [3.8, 4) is 0 Å². The number of aromatic nitrogens is 2. The number of hydrogen-bond acceptors (Lipinski definition) is 3. The van der Waals surface area contributed by atoms with E-state index in [1.165, 1.54) is 13.2 Å². The van der Waals surface area contributed by atoms with Gasteiger partial charge in [0.2, 0.25) is 0 Å². The van der Waals surface area contributed by atoms with E-state index in [1.54, 1.807) is 12.1 Å². The van der Waals surface area contributed by atoms with Crippen molar-refractivity contribution in [1.82, 2.24) is 9.97 Å². The Balaban J connectivity index is 2.26. The number of halogens is 4. The van der Waals surface area contributed by atoms with Crippen molar-refractivity contribution < 1.29 is 17.9 Å². The van der Waals surface area contributed by atoms with E-state index in [2.05, 4.69) is 9.97 Å². The maximum Gasteiger partial charge on any atom is 0.416 e. The Labute approximate surface area is 124 Å².